The highest BCUT2D eigenvalue weighted by atomic mass is 32.1. The monoisotopic (exact) mass is 258 g/mol. The van der Waals surface area contributed by atoms with Gasteiger partial charge in [-0.05, 0) is 5.56 Å². The van der Waals surface area contributed by atoms with Crippen molar-refractivity contribution < 1.29 is 9.90 Å². The number of carbonyl (C=O) groups is 1. The largest absolute Gasteiger partial charge is 0.481 e. The minimum absolute atomic E-state index is 0.0541. The first-order chi connectivity index (χ1) is 8.72. The van der Waals surface area contributed by atoms with E-state index < -0.39 is 5.97 Å². The van der Waals surface area contributed by atoms with Crippen LogP contribution in [-0.4, -0.2) is 20.5 Å². The lowest BCUT2D eigenvalue weighted by molar-refractivity contribution is -0.136. The first-order valence-electron chi connectivity index (χ1n) is 5.46. The lowest BCUT2D eigenvalue weighted by Gasteiger charge is -1.99. The Morgan fingerprint density at radius 2 is 2.11 bits per heavy atom. The van der Waals surface area contributed by atoms with Crippen LogP contribution in [0.5, 0.6) is 0 Å². The van der Waals surface area contributed by atoms with Gasteiger partial charge in [0.15, 0.2) is 4.96 Å². The third-order valence-corrected chi connectivity index (χ3v) is 3.47. The summed E-state index contributed by atoms with van der Waals surface area (Å²) in [4.78, 5) is 16.0. The van der Waals surface area contributed by atoms with E-state index in [0.717, 1.165) is 21.8 Å². The molecule has 1 aromatic carbocycles. The molecule has 0 saturated heterocycles. The summed E-state index contributed by atoms with van der Waals surface area (Å²) in [5.41, 5.74) is 2.70. The van der Waals surface area contributed by atoms with Gasteiger partial charge in [-0.15, -0.1) is 11.3 Å². The van der Waals surface area contributed by atoms with Gasteiger partial charge in [-0.2, -0.15) is 0 Å². The summed E-state index contributed by atoms with van der Waals surface area (Å²) in [6, 6.07) is 7.48. The Hall–Kier alpha value is -2.14. The van der Waals surface area contributed by atoms with Gasteiger partial charge in [-0.1, -0.05) is 24.3 Å². The number of rotatable bonds is 3. The summed E-state index contributed by atoms with van der Waals surface area (Å²) in [6.45, 7) is 0. The molecule has 0 aliphatic carbocycles. The maximum atomic E-state index is 10.6. The molecule has 0 unspecified atom stereocenters. The van der Waals surface area contributed by atoms with E-state index in [0.29, 0.717) is 0 Å². The number of thiazole rings is 1. The molecular formula is C13H10N2O2S. The molecule has 4 nitrogen and oxygen atoms in total. The highest BCUT2D eigenvalue weighted by molar-refractivity contribution is 7.15. The van der Waals surface area contributed by atoms with Crippen molar-refractivity contribution in [2.24, 2.45) is 0 Å². The van der Waals surface area contributed by atoms with E-state index in [1.54, 1.807) is 11.3 Å². The summed E-state index contributed by atoms with van der Waals surface area (Å²) in [5.74, 6) is -0.815. The Kier molecular flexibility index (Phi) is 2.60. The molecule has 0 bridgehead atoms. The molecule has 2 aromatic heterocycles. The van der Waals surface area contributed by atoms with Crippen LogP contribution in [0.2, 0.25) is 0 Å². The fourth-order valence-corrected chi connectivity index (χ4v) is 2.53. The molecule has 2 heterocycles. The minimum atomic E-state index is -0.815. The van der Waals surface area contributed by atoms with Gasteiger partial charge in [-0.3, -0.25) is 9.20 Å². The predicted octanol–water partition coefficient (Wildman–Crippen LogP) is 2.69. The average Bonchev–Trinajstić information content (AvgIpc) is 2.89. The number of carboxylic acid groups (broad SMARTS) is 1. The molecule has 0 saturated carbocycles. The fraction of sp³-hybridized carbons (Fsp3) is 0.0769. The molecule has 5 heteroatoms. The van der Waals surface area contributed by atoms with Crippen LogP contribution in [0.3, 0.4) is 0 Å². The smallest absolute Gasteiger partial charge is 0.307 e. The molecule has 1 N–H and O–H groups in total. The number of benzene rings is 1. The summed E-state index contributed by atoms with van der Waals surface area (Å²) >= 11 is 1.59. The molecular weight excluding hydrogens is 248 g/mol. The molecule has 3 aromatic rings. The molecule has 0 atom stereocenters. The van der Waals surface area contributed by atoms with E-state index in [-0.39, 0.29) is 6.42 Å². The first kappa shape index (κ1) is 11.0. The SMILES string of the molecule is O=C(O)Cc1ccc(-c2cn3ccsc3n2)cc1. The van der Waals surface area contributed by atoms with E-state index in [2.05, 4.69) is 4.98 Å². The summed E-state index contributed by atoms with van der Waals surface area (Å²) in [7, 11) is 0. The highest BCUT2D eigenvalue weighted by Gasteiger charge is 2.06. The van der Waals surface area contributed by atoms with Gasteiger partial charge in [0.25, 0.3) is 0 Å². The number of imidazole rings is 1. The van der Waals surface area contributed by atoms with E-state index in [4.69, 9.17) is 5.11 Å². The van der Waals surface area contributed by atoms with Crippen LogP contribution in [0.15, 0.2) is 42.0 Å². The maximum Gasteiger partial charge on any atom is 0.307 e. The van der Waals surface area contributed by atoms with Crippen molar-refractivity contribution >= 4 is 22.3 Å². The van der Waals surface area contributed by atoms with Crippen molar-refractivity contribution in [1.82, 2.24) is 9.38 Å². The van der Waals surface area contributed by atoms with Crippen molar-refractivity contribution in [3.63, 3.8) is 0 Å². The van der Waals surface area contributed by atoms with Gasteiger partial charge in [0.1, 0.15) is 0 Å². The van der Waals surface area contributed by atoms with Crippen molar-refractivity contribution in [1.29, 1.82) is 0 Å². The molecule has 0 aliphatic heterocycles. The normalized spacial score (nSPS) is 10.9. The van der Waals surface area contributed by atoms with Crippen molar-refractivity contribution in [3.8, 4) is 11.3 Å². The van der Waals surface area contributed by atoms with Crippen molar-refractivity contribution in [2.75, 3.05) is 0 Å². The van der Waals surface area contributed by atoms with Crippen LogP contribution in [-0.2, 0) is 11.2 Å². The Balaban J connectivity index is 1.92. The van der Waals surface area contributed by atoms with E-state index in [1.807, 2.05) is 46.4 Å². The quantitative estimate of drug-likeness (QED) is 0.785. The van der Waals surface area contributed by atoms with Gasteiger partial charge in [-0.25, -0.2) is 4.98 Å². The van der Waals surface area contributed by atoms with Crippen LogP contribution >= 0.6 is 11.3 Å². The second kappa shape index (κ2) is 4.27. The Morgan fingerprint density at radius 1 is 1.33 bits per heavy atom. The second-order valence-electron chi connectivity index (χ2n) is 3.99. The van der Waals surface area contributed by atoms with E-state index >= 15 is 0 Å². The first-order valence-corrected chi connectivity index (χ1v) is 6.33. The number of aromatic nitrogens is 2. The zero-order chi connectivity index (χ0) is 12.5. The third-order valence-electron chi connectivity index (χ3n) is 2.70. The van der Waals surface area contributed by atoms with Gasteiger partial charge in [0.05, 0.1) is 12.1 Å². The van der Waals surface area contributed by atoms with Crippen LogP contribution in [0.4, 0.5) is 0 Å². The van der Waals surface area contributed by atoms with Gasteiger partial charge in [0.2, 0.25) is 0 Å². The predicted molar refractivity (Wildman–Crippen MR) is 69.8 cm³/mol. The van der Waals surface area contributed by atoms with Crippen LogP contribution < -0.4 is 0 Å². The Bertz CT molecular complexity index is 669. The topological polar surface area (TPSA) is 54.6 Å². The molecule has 3 rings (SSSR count). The van der Waals surface area contributed by atoms with Gasteiger partial charge in [0, 0.05) is 23.3 Å². The minimum Gasteiger partial charge on any atom is -0.481 e. The number of fused-ring (bicyclic) bond motifs is 1. The molecule has 90 valence electrons. The molecule has 0 radical (unpaired) electrons. The number of aliphatic carboxylic acids is 1. The van der Waals surface area contributed by atoms with Crippen LogP contribution in [0.1, 0.15) is 5.56 Å². The van der Waals surface area contributed by atoms with Crippen LogP contribution in [0, 0.1) is 0 Å². The van der Waals surface area contributed by atoms with E-state index in [9.17, 15) is 4.79 Å². The summed E-state index contributed by atoms with van der Waals surface area (Å²) in [5, 5.41) is 10.7. The standard InChI is InChI=1S/C13H10N2O2S/c16-12(17)7-9-1-3-10(4-2-9)11-8-15-5-6-18-13(15)14-11/h1-6,8H,7H2,(H,16,17). The Morgan fingerprint density at radius 3 is 2.78 bits per heavy atom. The second-order valence-corrected chi connectivity index (χ2v) is 4.86. The summed E-state index contributed by atoms with van der Waals surface area (Å²) in [6.07, 6.45) is 3.99. The van der Waals surface area contributed by atoms with E-state index in [1.165, 1.54) is 0 Å². The summed E-state index contributed by atoms with van der Waals surface area (Å²) < 4.78 is 1.98. The molecule has 0 spiro atoms. The maximum absolute atomic E-state index is 10.6. The van der Waals surface area contributed by atoms with Gasteiger partial charge >= 0.3 is 5.97 Å². The third kappa shape index (κ3) is 2.00. The molecule has 0 fully saturated rings. The lowest BCUT2D eigenvalue weighted by Crippen LogP contribution is -1.99. The van der Waals surface area contributed by atoms with Gasteiger partial charge < -0.3 is 5.11 Å². The average molecular weight is 258 g/mol. The Labute approximate surface area is 107 Å². The molecule has 0 aliphatic rings. The van der Waals surface area contributed by atoms with Crippen molar-refractivity contribution in [3.05, 3.63) is 47.6 Å². The fourth-order valence-electron chi connectivity index (χ4n) is 1.83. The number of hydrogen-bond acceptors (Lipinski definition) is 3. The zero-order valence-corrected chi connectivity index (χ0v) is 10.2. The molecule has 18 heavy (non-hydrogen) atoms. The number of hydrogen-bond donors (Lipinski definition) is 1. The van der Waals surface area contributed by atoms with Crippen LogP contribution in [0.25, 0.3) is 16.2 Å². The number of carboxylic acids is 1. The van der Waals surface area contributed by atoms with Crippen molar-refractivity contribution in [2.45, 2.75) is 6.42 Å². The molecule has 0 amide bonds. The highest BCUT2D eigenvalue weighted by Crippen LogP contribution is 2.21. The lowest BCUT2D eigenvalue weighted by atomic mass is 10.1. The number of nitrogens with zero attached hydrogens (tertiary/aromatic N) is 2. The zero-order valence-electron chi connectivity index (χ0n) is 9.41.